The maximum atomic E-state index is 12.6. The van der Waals surface area contributed by atoms with Crippen molar-refractivity contribution in [2.75, 3.05) is 6.54 Å². The predicted molar refractivity (Wildman–Crippen MR) is 81.6 cm³/mol. The third kappa shape index (κ3) is 2.50. The zero-order valence-electron chi connectivity index (χ0n) is 11.2. The predicted octanol–water partition coefficient (Wildman–Crippen LogP) is 3.30. The summed E-state index contributed by atoms with van der Waals surface area (Å²) in [6, 6.07) is 6.42. The first-order valence-electron chi connectivity index (χ1n) is 6.52. The Morgan fingerprint density at radius 1 is 1.29 bits per heavy atom. The van der Waals surface area contributed by atoms with Crippen LogP contribution in [0.3, 0.4) is 0 Å². The number of rotatable bonds is 3. The number of amides is 3. The molecule has 2 atom stereocenters. The van der Waals surface area contributed by atoms with E-state index in [1.54, 1.807) is 31.2 Å². The summed E-state index contributed by atoms with van der Waals surface area (Å²) in [6.07, 6.45) is 0.588. The highest BCUT2D eigenvalue weighted by Crippen LogP contribution is 2.53. The fourth-order valence-corrected chi connectivity index (χ4v) is 3.17. The number of urea groups is 1. The minimum atomic E-state index is -1.09. The highest BCUT2D eigenvalue weighted by molar-refractivity contribution is 6.50. The molecular formula is C14H13Cl3N2O2. The molecule has 4 nitrogen and oxygen atoms in total. The van der Waals surface area contributed by atoms with Crippen molar-refractivity contribution >= 4 is 46.7 Å². The number of nitrogens with zero attached hydrogens (tertiary/aromatic N) is 1. The van der Waals surface area contributed by atoms with Crippen LogP contribution in [0.1, 0.15) is 18.9 Å². The molecule has 1 aromatic carbocycles. The maximum absolute atomic E-state index is 12.6. The van der Waals surface area contributed by atoms with Gasteiger partial charge < -0.3 is 5.32 Å². The van der Waals surface area contributed by atoms with Crippen LogP contribution in [0.5, 0.6) is 0 Å². The number of benzene rings is 1. The van der Waals surface area contributed by atoms with Crippen molar-refractivity contribution in [1.82, 2.24) is 10.2 Å². The van der Waals surface area contributed by atoms with Crippen LogP contribution in [0.4, 0.5) is 4.79 Å². The SMILES string of the molecule is CC1(c2ccc(Cl)cc2)NC(=O)N(CC2CC2(Cl)Cl)C1=O. The largest absolute Gasteiger partial charge is 0.325 e. The molecule has 0 aromatic heterocycles. The Kier molecular flexibility index (Phi) is 3.39. The van der Waals surface area contributed by atoms with Gasteiger partial charge in [-0.2, -0.15) is 0 Å². The second-order valence-electron chi connectivity index (χ2n) is 5.64. The van der Waals surface area contributed by atoms with Crippen molar-refractivity contribution in [1.29, 1.82) is 0 Å². The molecule has 7 heteroatoms. The lowest BCUT2D eigenvalue weighted by molar-refractivity contribution is -0.131. The van der Waals surface area contributed by atoms with Gasteiger partial charge in [0.1, 0.15) is 9.87 Å². The molecule has 1 aliphatic heterocycles. The van der Waals surface area contributed by atoms with Gasteiger partial charge in [-0.05, 0) is 31.0 Å². The molecular weight excluding hydrogens is 335 g/mol. The summed E-state index contributed by atoms with van der Waals surface area (Å²) in [5.74, 6) is -0.367. The van der Waals surface area contributed by atoms with Crippen LogP contribution < -0.4 is 5.32 Å². The average molecular weight is 348 g/mol. The first kappa shape index (κ1) is 14.9. The lowest BCUT2D eigenvalue weighted by Crippen LogP contribution is -2.41. The van der Waals surface area contributed by atoms with Gasteiger partial charge in [-0.15, -0.1) is 23.2 Å². The molecule has 21 heavy (non-hydrogen) atoms. The second-order valence-corrected chi connectivity index (χ2v) is 7.62. The summed E-state index contributed by atoms with van der Waals surface area (Å²) in [4.78, 5) is 25.9. The van der Waals surface area contributed by atoms with E-state index in [0.29, 0.717) is 17.0 Å². The second kappa shape index (κ2) is 4.77. The lowest BCUT2D eigenvalue weighted by Gasteiger charge is -2.22. The number of hydrogen-bond donors (Lipinski definition) is 1. The van der Waals surface area contributed by atoms with E-state index in [0.717, 1.165) is 0 Å². The Balaban J connectivity index is 1.83. The molecule has 1 N–H and O–H groups in total. The molecule has 2 aliphatic rings. The third-order valence-corrected chi connectivity index (χ3v) is 5.23. The molecule has 1 heterocycles. The average Bonchev–Trinajstić information content (AvgIpc) is 2.95. The zero-order valence-corrected chi connectivity index (χ0v) is 13.5. The van der Waals surface area contributed by atoms with E-state index in [1.165, 1.54) is 4.90 Å². The Bertz CT molecular complexity index is 617. The topological polar surface area (TPSA) is 49.4 Å². The van der Waals surface area contributed by atoms with Gasteiger partial charge in [-0.1, -0.05) is 23.7 Å². The van der Waals surface area contributed by atoms with Crippen LogP contribution in [0, 0.1) is 5.92 Å². The molecule has 1 saturated carbocycles. The van der Waals surface area contributed by atoms with Crippen LogP contribution in [-0.2, 0) is 10.3 Å². The zero-order chi connectivity index (χ0) is 15.4. The Morgan fingerprint density at radius 2 is 1.86 bits per heavy atom. The third-order valence-electron chi connectivity index (χ3n) is 4.06. The fraction of sp³-hybridized carbons (Fsp3) is 0.429. The quantitative estimate of drug-likeness (QED) is 0.674. The molecule has 112 valence electrons. The van der Waals surface area contributed by atoms with Crippen molar-refractivity contribution < 1.29 is 9.59 Å². The summed E-state index contributed by atoms with van der Waals surface area (Å²) < 4.78 is -0.820. The van der Waals surface area contributed by atoms with Gasteiger partial charge in [0.25, 0.3) is 5.91 Å². The monoisotopic (exact) mass is 346 g/mol. The van der Waals surface area contributed by atoms with E-state index in [1.807, 2.05) is 0 Å². The lowest BCUT2D eigenvalue weighted by atomic mass is 9.92. The van der Waals surface area contributed by atoms with Crippen LogP contribution in [0.25, 0.3) is 0 Å². The fourth-order valence-electron chi connectivity index (χ4n) is 2.53. The highest BCUT2D eigenvalue weighted by atomic mass is 35.5. The van der Waals surface area contributed by atoms with Crippen LogP contribution in [0.2, 0.25) is 5.02 Å². The highest BCUT2D eigenvalue weighted by Gasteiger charge is 2.56. The van der Waals surface area contributed by atoms with Crippen molar-refractivity contribution in [2.24, 2.45) is 5.92 Å². The summed E-state index contributed by atoms with van der Waals surface area (Å²) >= 11 is 17.8. The molecule has 2 fully saturated rings. The molecule has 1 saturated heterocycles. The van der Waals surface area contributed by atoms with E-state index in [9.17, 15) is 9.59 Å². The van der Waals surface area contributed by atoms with Gasteiger partial charge in [0.15, 0.2) is 0 Å². The first-order valence-corrected chi connectivity index (χ1v) is 7.65. The maximum Gasteiger partial charge on any atom is 0.325 e. The molecule has 1 aromatic rings. The number of carbonyl (C=O) groups excluding carboxylic acids is 2. The summed E-state index contributed by atoms with van der Waals surface area (Å²) in [7, 11) is 0. The molecule has 3 rings (SSSR count). The van der Waals surface area contributed by atoms with Crippen molar-refractivity contribution in [3.8, 4) is 0 Å². The first-order chi connectivity index (χ1) is 9.74. The van der Waals surface area contributed by atoms with Gasteiger partial charge in [0.05, 0.1) is 0 Å². The number of alkyl halides is 2. The van der Waals surface area contributed by atoms with E-state index >= 15 is 0 Å². The van der Waals surface area contributed by atoms with Crippen molar-refractivity contribution in [3.63, 3.8) is 0 Å². The summed E-state index contributed by atoms with van der Waals surface area (Å²) in [5.41, 5.74) is -0.399. The number of imide groups is 1. The van der Waals surface area contributed by atoms with E-state index in [4.69, 9.17) is 34.8 Å². The van der Waals surface area contributed by atoms with Crippen LogP contribution in [-0.4, -0.2) is 27.7 Å². The number of hydrogen-bond acceptors (Lipinski definition) is 2. The van der Waals surface area contributed by atoms with Gasteiger partial charge in [-0.25, -0.2) is 4.79 Å². The number of halogens is 3. The summed E-state index contributed by atoms with van der Waals surface area (Å²) in [5, 5.41) is 3.31. The molecule has 3 amide bonds. The Morgan fingerprint density at radius 3 is 2.38 bits per heavy atom. The van der Waals surface area contributed by atoms with E-state index in [2.05, 4.69) is 5.32 Å². The Labute approximate surface area is 137 Å². The van der Waals surface area contributed by atoms with E-state index < -0.39 is 15.9 Å². The number of carbonyl (C=O) groups is 2. The van der Waals surface area contributed by atoms with Crippen LogP contribution >= 0.6 is 34.8 Å². The van der Waals surface area contributed by atoms with Gasteiger partial charge in [0.2, 0.25) is 0 Å². The molecule has 0 bridgehead atoms. The van der Waals surface area contributed by atoms with E-state index in [-0.39, 0.29) is 18.4 Å². The number of nitrogens with one attached hydrogen (secondary N) is 1. The molecule has 2 unspecified atom stereocenters. The minimum absolute atomic E-state index is 0.0666. The van der Waals surface area contributed by atoms with Gasteiger partial charge in [0, 0.05) is 17.5 Å². The van der Waals surface area contributed by atoms with Gasteiger partial charge >= 0.3 is 6.03 Å². The molecule has 1 aliphatic carbocycles. The van der Waals surface area contributed by atoms with Crippen LogP contribution in [0.15, 0.2) is 24.3 Å². The smallest absolute Gasteiger partial charge is 0.319 e. The Hall–Kier alpha value is -0.970. The standard InChI is InChI=1S/C14H13Cl3N2O2/c1-13(8-2-4-10(15)5-3-8)11(20)19(12(21)18-13)7-9-6-14(9,16)17/h2-5,9H,6-7H2,1H3,(H,18,21). The van der Waals surface area contributed by atoms with Gasteiger partial charge in [-0.3, -0.25) is 9.69 Å². The molecule has 0 spiro atoms. The summed E-state index contributed by atoms with van der Waals surface area (Å²) in [6.45, 7) is 1.92. The van der Waals surface area contributed by atoms with Crippen molar-refractivity contribution in [2.45, 2.75) is 23.2 Å². The molecule has 0 radical (unpaired) electrons. The van der Waals surface area contributed by atoms with Crippen molar-refractivity contribution in [3.05, 3.63) is 34.9 Å². The minimum Gasteiger partial charge on any atom is -0.319 e. The normalized spacial score (nSPS) is 30.5.